The summed E-state index contributed by atoms with van der Waals surface area (Å²) in [6.45, 7) is 4.98. The predicted octanol–water partition coefficient (Wildman–Crippen LogP) is 1.08. The number of β-amino-alcohol motifs (C(OH)–C–C–N with tert-alkyl or cyclic N) is 1. The van der Waals surface area contributed by atoms with Gasteiger partial charge in [-0.2, -0.15) is 0 Å². The van der Waals surface area contributed by atoms with Crippen molar-refractivity contribution in [2.45, 2.75) is 57.8 Å². The number of aliphatic hydroxyl groups excluding tert-OH is 1. The third kappa shape index (κ3) is 3.19. The van der Waals surface area contributed by atoms with Gasteiger partial charge in [0.05, 0.1) is 6.10 Å². The summed E-state index contributed by atoms with van der Waals surface area (Å²) in [6, 6.07) is -0.306. The molecule has 0 bridgehead atoms. The zero-order chi connectivity index (χ0) is 12.4. The fourth-order valence-corrected chi connectivity index (χ4v) is 2.75. The largest absolute Gasteiger partial charge is 0.461 e. The number of ether oxygens (including phenoxy) is 1. The van der Waals surface area contributed by atoms with Gasteiger partial charge in [0, 0.05) is 13.0 Å². The number of aliphatic hydroxyl groups is 1. The molecule has 0 spiro atoms. The van der Waals surface area contributed by atoms with Gasteiger partial charge in [0.25, 0.3) is 0 Å². The van der Waals surface area contributed by atoms with Crippen LogP contribution in [0.5, 0.6) is 0 Å². The molecule has 4 nitrogen and oxygen atoms in total. The predicted molar refractivity (Wildman–Crippen MR) is 64.5 cm³/mol. The van der Waals surface area contributed by atoms with Gasteiger partial charge in [-0.05, 0) is 31.1 Å². The maximum atomic E-state index is 11.9. The van der Waals surface area contributed by atoms with Gasteiger partial charge in [-0.25, -0.2) is 0 Å². The van der Waals surface area contributed by atoms with Crippen molar-refractivity contribution in [1.29, 1.82) is 0 Å². The molecule has 4 heteroatoms. The summed E-state index contributed by atoms with van der Waals surface area (Å²) >= 11 is 0. The first kappa shape index (κ1) is 12.8. The second-order valence-electron chi connectivity index (χ2n) is 5.68. The highest BCUT2D eigenvalue weighted by Gasteiger charge is 2.33. The molecular weight excluding hydrogens is 218 g/mol. The Morgan fingerprint density at radius 1 is 1.24 bits per heavy atom. The molecule has 98 valence electrons. The first-order valence-electron chi connectivity index (χ1n) is 6.68. The normalized spacial score (nSPS) is 42.4. The van der Waals surface area contributed by atoms with E-state index in [0.29, 0.717) is 18.9 Å². The Morgan fingerprint density at radius 3 is 2.59 bits per heavy atom. The molecule has 1 saturated carbocycles. The molecule has 0 aromatic carbocycles. The van der Waals surface area contributed by atoms with Crippen LogP contribution in [-0.4, -0.2) is 35.9 Å². The third-order valence-corrected chi connectivity index (χ3v) is 4.23. The zero-order valence-corrected chi connectivity index (χ0v) is 10.7. The molecule has 0 radical (unpaired) electrons. The second-order valence-corrected chi connectivity index (χ2v) is 5.68. The molecule has 17 heavy (non-hydrogen) atoms. The topological polar surface area (TPSA) is 58.6 Å². The van der Waals surface area contributed by atoms with E-state index in [1.165, 1.54) is 0 Å². The summed E-state index contributed by atoms with van der Waals surface area (Å²) in [7, 11) is 0. The highest BCUT2D eigenvalue weighted by molar-refractivity contribution is 5.76. The van der Waals surface area contributed by atoms with E-state index in [4.69, 9.17) is 4.74 Å². The molecule has 2 N–H and O–H groups in total. The highest BCUT2D eigenvalue weighted by Crippen LogP contribution is 2.31. The molecular formula is C13H23NO3. The number of carbonyl (C=O) groups excluding carboxylic acids is 1. The smallest absolute Gasteiger partial charge is 0.323 e. The van der Waals surface area contributed by atoms with E-state index in [2.05, 4.69) is 19.2 Å². The van der Waals surface area contributed by atoms with Crippen LogP contribution in [0.2, 0.25) is 0 Å². The summed E-state index contributed by atoms with van der Waals surface area (Å²) in [5.41, 5.74) is 0. The Hall–Kier alpha value is -0.610. The van der Waals surface area contributed by atoms with Gasteiger partial charge in [-0.3, -0.25) is 4.79 Å². The number of hydrogen-bond acceptors (Lipinski definition) is 4. The van der Waals surface area contributed by atoms with Crippen LogP contribution in [0.15, 0.2) is 0 Å². The number of hydrogen-bond donors (Lipinski definition) is 2. The van der Waals surface area contributed by atoms with E-state index in [1.54, 1.807) is 0 Å². The van der Waals surface area contributed by atoms with E-state index in [1.807, 2.05) is 0 Å². The van der Waals surface area contributed by atoms with Crippen molar-refractivity contribution in [2.75, 3.05) is 6.54 Å². The standard InChI is InChI=1S/C13H23NO3/c1-8-3-4-11(5-9(8)2)17-13(16)12-6-10(15)7-14-12/h8-12,14-15H,3-7H2,1-2H3/t8?,9?,10?,11?,12-/m0/s1. The lowest BCUT2D eigenvalue weighted by Crippen LogP contribution is -2.37. The third-order valence-electron chi connectivity index (χ3n) is 4.23. The summed E-state index contributed by atoms with van der Waals surface area (Å²) in [4.78, 5) is 11.9. The van der Waals surface area contributed by atoms with Crippen LogP contribution in [0.4, 0.5) is 0 Å². The molecule has 1 aliphatic carbocycles. The first-order chi connectivity index (χ1) is 8.06. The van der Waals surface area contributed by atoms with Gasteiger partial charge in [0.15, 0.2) is 0 Å². The maximum absolute atomic E-state index is 11.9. The van der Waals surface area contributed by atoms with E-state index < -0.39 is 6.10 Å². The average Bonchev–Trinajstić information content (AvgIpc) is 2.70. The molecule has 1 heterocycles. The summed E-state index contributed by atoms with van der Waals surface area (Å²) in [5, 5.41) is 12.4. The quantitative estimate of drug-likeness (QED) is 0.710. The minimum atomic E-state index is -0.405. The van der Waals surface area contributed by atoms with Crippen molar-refractivity contribution >= 4 is 5.97 Å². The Morgan fingerprint density at radius 2 is 2.00 bits per heavy atom. The van der Waals surface area contributed by atoms with Gasteiger partial charge >= 0.3 is 5.97 Å². The summed E-state index contributed by atoms with van der Waals surface area (Å²) in [5.74, 6) is 1.17. The molecule has 4 unspecified atom stereocenters. The Balaban J connectivity index is 1.79. The molecule has 1 saturated heterocycles. The van der Waals surface area contributed by atoms with Crippen LogP contribution in [0.25, 0.3) is 0 Å². The summed E-state index contributed by atoms with van der Waals surface area (Å²) < 4.78 is 5.53. The van der Waals surface area contributed by atoms with E-state index in [0.717, 1.165) is 25.2 Å². The number of rotatable bonds is 2. The van der Waals surface area contributed by atoms with Crippen LogP contribution in [0.1, 0.15) is 39.5 Å². The molecule has 5 atom stereocenters. The highest BCUT2D eigenvalue weighted by atomic mass is 16.5. The molecule has 2 fully saturated rings. The van der Waals surface area contributed by atoms with Crippen molar-refractivity contribution in [3.63, 3.8) is 0 Å². The van der Waals surface area contributed by atoms with Crippen molar-refractivity contribution < 1.29 is 14.6 Å². The Labute approximate surface area is 103 Å². The van der Waals surface area contributed by atoms with Gasteiger partial charge in [0.1, 0.15) is 12.1 Å². The van der Waals surface area contributed by atoms with Gasteiger partial charge in [0.2, 0.25) is 0 Å². The van der Waals surface area contributed by atoms with E-state index >= 15 is 0 Å². The van der Waals surface area contributed by atoms with Crippen molar-refractivity contribution in [3.8, 4) is 0 Å². The fraction of sp³-hybridized carbons (Fsp3) is 0.923. The Bertz CT molecular complexity index is 282. The van der Waals surface area contributed by atoms with E-state index in [9.17, 15) is 9.90 Å². The number of esters is 1. The van der Waals surface area contributed by atoms with Crippen LogP contribution in [-0.2, 0) is 9.53 Å². The maximum Gasteiger partial charge on any atom is 0.323 e. The lowest BCUT2D eigenvalue weighted by Gasteiger charge is -2.32. The molecule has 0 aromatic rings. The van der Waals surface area contributed by atoms with Gasteiger partial charge in [-0.15, -0.1) is 0 Å². The fourth-order valence-electron chi connectivity index (χ4n) is 2.75. The molecule has 2 aliphatic rings. The molecule has 0 amide bonds. The lowest BCUT2D eigenvalue weighted by atomic mass is 9.80. The second kappa shape index (κ2) is 5.36. The first-order valence-corrected chi connectivity index (χ1v) is 6.68. The Kier molecular flexibility index (Phi) is 4.05. The van der Waals surface area contributed by atoms with Gasteiger partial charge < -0.3 is 15.2 Å². The van der Waals surface area contributed by atoms with Crippen molar-refractivity contribution in [1.82, 2.24) is 5.32 Å². The van der Waals surface area contributed by atoms with Crippen molar-refractivity contribution in [2.24, 2.45) is 11.8 Å². The number of carbonyl (C=O) groups is 1. The van der Waals surface area contributed by atoms with Crippen molar-refractivity contribution in [3.05, 3.63) is 0 Å². The molecule has 1 aliphatic heterocycles. The minimum Gasteiger partial charge on any atom is -0.461 e. The number of nitrogens with one attached hydrogen (secondary N) is 1. The average molecular weight is 241 g/mol. The SMILES string of the molecule is CC1CCC(OC(=O)[C@@H]2CC(O)CN2)CC1C. The summed E-state index contributed by atoms with van der Waals surface area (Å²) in [6.07, 6.45) is 3.25. The van der Waals surface area contributed by atoms with Crippen LogP contribution < -0.4 is 5.32 Å². The minimum absolute atomic E-state index is 0.0771. The monoisotopic (exact) mass is 241 g/mol. The van der Waals surface area contributed by atoms with Crippen LogP contribution in [0, 0.1) is 11.8 Å². The van der Waals surface area contributed by atoms with Crippen LogP contribution >= 0.6 is 0 Å². The van der Waals surface area contributed by atoms with E-state index in [-0.39, 0.29) is 18.1 Å². The lowest BCUT2D eigenvalue weighted by molar-refractivity contribution is -0.154. The van der Waals surface area contributed by atoms with Gasteiger partial charge in [-0.1, -0.05) is 13.8 Å². The van der Waals surface area contributed by atoms with Crippen LogP contribution in [0.3, 0.4) is 0 Å². The zero-order valence-electron chi connectivity index (χ0n) is 10.7. The molecule has 2 rings (SSSR count). The molecule has 0 aromatic heterocycles.